The zero-order chi connectivity index (χ0) is 5.70. The molecule has 0 bridgehead atoms. The Bertz CT molecular complexity index is 57.2. The van der Waals surface area contributed by atoms with Gasteiger partial charge in [-0.25, -0.2) is 5.11 Å². The predicted octanol–water partition coefficient (Wildman–Crippen LogP) is 1.77. The Labute approximate surface area is 44.7 Å². The van der Waals surface area contributed by atoms with Gasteiger partial charge in [0.25, 0.3) is 0 Å². The van der Waals surface area contributed by atoms with Crippen LogP contribution >= 0.6 is 0 Å². The Morgan fingerprint density at radius 3 is 2.43 bits per heavy atom. The normalized spacial score (nSPS) is 15.3. The maximum atomic E-state index is 10.4. The highest BCUT2D eigenvalue weighted by Crippen LogP contribution is 1.90. The summed E-state index contributed by atoms with van der Waals surface area (Å²) in [7, 11) is 0. The van der Waals surface area contributed by atoms with Crippen LogP contribution in [0.4, 0.5) is 0 Å². The molecule has 0 saturated carbocycles. The van der Waals surface area contributed by atoms with Crippen LogP contribution in [0.25, 0.3) is 0 Å². The van der Waals surface area contributed by atoms with Crippen LogP contribution in [0, 0.1) is 0 Å². The quantitative estimate of drug-likeness (QED) is 0.470. The van der Waals surface area contributed by atoms with Crippen LogP contribution in [0.3, 0.4) is 0 Å². The fraction of sp³-hybridized carbons (Fsp3) is 0.667. The standard InChI is InChI=1S/C6H11O/c1-3-5-6(7)4-2/h3,5-6H,4H2,1-2H3. The molecule has 1 radical (unpaired) electrons. The van der Waals surface area contributed by atoms with Crippen LogP contribution < -0.4 is 0 Å². The lowest BCUT2D eigenvalue weighted by Crippen LogP contribution is -1.94. The molecule has 0 amide bonds. The Balaban J connectivity index is 3.16. The second kappa shape index (κ2) is 3.88. The van der Waals surface area contributed by atoms with E-state index in [9.17, 15) is 5.11 Å². The molecule has 0 aliphatic carbocycles. The fourth-order valence-electron chi connectivity index (χ4n) is 0.351. The summed E-state index contributed by atoms with van der Waals surface area (Å²) in [5, 5.41) is 10.4. The average Bonchev–Trinajstić information content (AvgIpc) is 1.68. The largest absolute Gasteiger partial charge is 0.229 e. The van der Waals surface area contributed by atoms with Crippen molar-refractivity contribution in [1.82, 2.24) is 0 Å². The SMILES string of the molecule is CC=CC([O])CC. The number of allylic oxidation sites excluding steroid dienone is 1. The van der Waals surface area contributed by atoms with Crippen molar-refractivity contribution in [1.29, 1.82) is 0 Å². The molecule has 0 aromatic heterocycles. The molecule has 0 aromatic carbocycles. The molecule has 0 N–H and O–H groups in total. The van der Waals surface area contributed by atoms with Gasteiger partial charge in [-0.3, -0.25) is 0 Å². The van der Waals surface area contributed by atoms with E-state index in [1.807, 2.05) is 13.8 Å². The maximum Gasteiger partial charge on any atom is 0.111 e. The smallest absolute Gasteiger partial charge is 0.111 e. The number of rotatable bonds is 2. The third-order valence-corrected chi connectivity index (χ3v) is 0.809. The van der Waals surface area contributed by atoms with E-state index >= 15 is 0 Å². The topological polar surface area (TPSA) is 19.9 Å². The van der Waals surface area contributed by atoms with E-state index in [1.165, 1.54) is 0 Å². The first-order valence-corrected chi connectivity index (χ1v) is 2.60. The van der Waals surface area contributed by atoms with Crippen molar-refractivity contribution in [2.75, 3.05) is 0 Å². The van der Waals surface area contributed by atoms with Crippen LogP contribution in [-0.4, -0.2) is 6.10 Å². The van der Waals surface area contributed by atoms with Gasteiger partial charge in [-0.2, -0.15) is 0 Å². The van der Waals surface area contributed by atoms with E-state index in [-0.39, 0.29) is 0 Å². The fourth-order valence-corrected chi connectivity index (χ4v) is 0.351. The number of hydrogen-bond donors (Lipinski definition) is 0. The van der Waals surface area contributed by atoms with E-state index in [0.717, 1.165) is 0 Å². The first-order valence-electron chi connectivity index (χ1n) is 2.60. The molecule has 7 heavy (non-hydrogen) atoms. The zero-order valence-corrected chi connectivity index (χ0v) is 4.85. The van der Waals surface area contributed by atoms with Gasteiger partial charge in [0.05, 0.1) is 0 Å². The second-order valence-corrected chi connectivity index (χ2v) is 1.47. The summed E-state index contributed by atoms with van der Waals surface area (Å²) >= 11 is 0. The minimum absolute atomic E-state index is 0.481. The van der Waals surface area contributed by atoms with Crippen molar-refractivity contribution in [3.05, 3.63) is 12.2 Å². The van der Waals surface area contributed by atoms with Crippen molar-refractivity contribution >= 4 is 0 Å². The molecule has 0 rings (SSSR count). The van der Waals surface area contributed by atoms with Crippen molar-refractivity contribution < 1.29 is 5.11 Å². The monoisotopic (exact) mass is 99.1 g/mol. The lowest BCUT2D eigenvalue weighted by atomic mass is 10.3. The summed E-state index contributed by atoms with van der Waals surface area (Å²) in [6.07, 6.45) is 3.68. The lowest BCUT2D eigenvalue weighted by molar-refractivity contribution is 0.126. The van der Waals surface area contributed by atoms with Crippen molar-refractivity contribution in [2.24, 2.45) is 0 Å². The van der Waals surface area contributed by atoms with Crippen molar-refractivity contribution in [2.45, 2.75) is 26.4 Å². The minimum Gasteiger partial charge on any atom is -0.229 e. The van der Waals surface area contributed by atoms with Crippen molar-refractivity contribution in [3.63, 3.8) is 0 Å². The summed E-state index contributed by atoms with van der Waals surface area (Å²) in [6.45, 7) is 3.75. The van der Waals surface area contributed by atoms with Crippen LogP contribution in [0.1, 0.15) is 20.3 Å². The highest BCUT2D eigenvalue weighted by molar-refractivity contribution is 4.83. The van der Waals surface area contributed by atoms with Gasteiger partial charge in [0, 0.05) is 0 Å². The van der Waals surface area contributed by atoms with Gasteiger partial charge in [-0.15, -0.1) is 0 Å². The first-order chi connectivity index (χ1) is 3.31. The van der Waals surface area contributed by atoms with E-state index in [1.54, 1.807) is 12.2 Å². The van der Waals surface area contributed by atoms with Crippen molar-refractivity contribution in [3.8, 4) is 0 Å². The Kier molecular flexibility index (Phi) is 3.71. The summed E-state index contributed by atoms with van der Waals surface area (Å²) in [5.74, 6) is 0. The zero-order valence-electron chi connectivity index (χ0n) is 4.85. The Morgan fingerprint density at radius 1 is 1.71 bits per heavy atom. The van der Waals surface area contributed by atoms with Crippen LogP contribution in [-0.2, 0) is 5.11 Å². The van der Waals surface area contributed by atoms with Crippen LogP contribution in [0.15, 0.2) is 12.2 Å². The van der Waals surface area contributed by atoms with E-state index in [0.29, 0.717) is 6.42 Å². The molecule has 0 fully saturated rings. The highest BCUT2D eigenvalue weighted by atomic mass is 16.3. The summed E-state index contributed by atoms with van der Waals surface area (Å²) in [5.41, 5.74) is 0. The summed E-state index contributed by atoms with van der Waals surface area (Å²) in [6, 6.07) is 0. The van der Waals surface area contributed by atoms with Crippen LogP contribution in [0.5, 0.6) is 0 Å². The maximum absolute atomic E-state index is 10.4. The molecule has 1 heteroatoms. The molecule has 0 aliphatic heterocycles. The molecule has 0 aromatic rings. The molecule has 0 spiro atoms. The Morgan fingerprint density at radius 2 is 2.29 bits per heavy atom. The van der Waals surface area contributed by atoms with E-state index in [4.69, 9.17) is 0 Å². The minimum atomic E-state index is -0.481. The average molecular weight is 99.2 g/mol. The molecule has 1 nitrogen and oxygen atoms in total. The van der Waals surface area contributed by atoms with Crippen LogP contribution in [0.2, 0.25) is 0 Å². The predicted molar refractivity (Wildman–Crippen MR) is 29.6 cm³/mol. The third-order valence-electron chi connectivity index (χ3n) is 0.809. The first kappa shape index (κ1) is 6.70. The molecule has 0 saturated heterocycles. The second-order valence-electron chi connectivity index (χ2n) is 1.47. The molecule has 0 aliphatic rings. The number of hydrogen-bond acceptors (Lipinski definition) is 0. The molecular formula is C6H11O. The highest BCUT2D eigenvalue weighted by Gasteiger charge is 1.91. The molecule has 1 unspecified atom stereocenters. The van der Waals surface area contributed by atoms with E-state index in [2.05, 4.69) is 0 Å². The third kappa shape index (κ3) is 3.53. The van der Waals surface area contributed by atoms with Gasteiger partial charge in [-0.1, -0.05) is 19.1 Å². The van der Waals surface area contributed by atoms with Gasteiger partial charge in [0.1, 0.15) is 6.10 Å². The molecule has 41 valence electrons. The molecule has 1 atom stereocenters. The summed E-state index contributed by atoms with van der Waals surface area (Å²) in [4.78, 5) is 0. The van der Waals surface area contributed by atoms with Gasteiger partial charge >= 0.3 is 0 Å². The molecular weight excluding hydrogens is 88.1 g/mol. The van der Waals surface area contributed by atoms with E-state index < -0.39 is 6.10 Å². The molecule has 0 heterocycles. The Hall–Kier alpha value is -0.300. The van der Waals surface area contributed by atoms with Gasteiger partial charge < -0.3 is 0 Å². The van der Waals surface area contributed by atoms with Gasteiger partial charge in [0.15, 0.2) is 0 Å². The summed E-state index contributed by atoms with van der Waals surface area (Å²) < 4.78 is 0. The van der Waals surface area contributed by atoms with Gasteiger partial charge in [-0.05, 0) is 13.3 Å². The lowest BCUT2D eigenvalue weighted by Gasteiger charge is -1.91. The van der Waals surface area contributed by atoms with Gasteiger partial charge in [0.2, 0.25) is 0 Å².